The summed E-state index contributed by atoms with van der Waals surface area (Å²) in [6.45, 7) is 6.80. The summed E-state index contributed by atoms with van der Waals surface area (Å²) in [5.41, 5.74) is 0. The summed E-state index contributed by atoms with van der Waals surface area (Å²) in [7, 11) is 1.81. The quantitative estimate of drug-likeness (QED) is 0.231. The highest BCUT2D eigenvalue weighted by Crippen LogP contribution is 2.10. The number of rotatable bonds is 10. The van der Waals surface area contributed by atoms with Gasteiger partial charge in [0.25, 0.3) is 0 Å². The van der Waals surface area contributed by atoms with Gasteiger partial charge in [-0.25, -0.2) is 0 Å². The van der Waals surface area contributed by atoms with E-state index in [9.17, 15) is 4.79 Å². The van der Waals surface area contributed by atoms with E-state index in [1.807, 2.05) is 18.9 Å². The molecule has 0 aliphatic carbocycles. The molecule has 0 saturated carbocycles. The average Bonchev–Trinajstić information content (AvgIpc) is 3.04. The molecule has 1 aliphatic rings. The Balaban J connectivity index is 0.00000529. The maximum absolute atomic E-state index is 11.7. The van der Waals surface area contributed by atoms with Crippen molar-refractivity contribution < 1.29 is 4.79 Å². The number of guanidine groups is 1. The van der Waals surface area contributed by atoms with Gasteiger partial charge in [-0.05, 0) is 12.8 Å². The van der Waals surface area contributed by atoms with E-state index in [0.717, 1.165) is 32.0 Å². The van der Waals surface area contributed by atoms with Gasteiger partial charge < -0.3 is 15.5 Å². The van der Waals surface area contributed by atoms with Gasteiger partial charge in [-0.15, -0.1) is 24.0 Å². The van der Waals surface area contributed by atoms with Crippen molar-refractivity contribution in [2.45, 2.75) is 77.7 Å². The number of aliphatic imine (C=N–C) groups is 1. The molecule has 0 radical (unpaired) electrons. The molecule has 0 bridgehead atoms. The number of unbranched alkanes of at least 4 members (excludes halogenated alkanes) is 6. The predicted octanol–water partition coefficient (Wildman–Crippen LogP) is 3.53. The van der Waals surface area contributed by atoms with Gasteiger partial charge in [0, 0.05) is 39.1 Å². The molecule has 0 aromatic rings. The van der Waals surface area contributed by atoms with Crippen molar-refractivity contribution in [3.63, 3.8) is 0 Å². The van der Waals surface area contributed by atoms with Gasteiger partial charge in [-0.3, -0.25) is 9.79 Å². The Morgan fingerprint density at radius 1 is 1.12 bits per heavy atom. The van der Waals surface area contributed by atoms with Crippen LogP contribution in [0.25, 0.3) is 0 Å². The van der Waals surface area contributed by atoms with E-state index in [1.165, 1.54) is 44.9 Å². The van der Waals surface area contributed by atoms with Gasteiger partial charge >= 0.3 is 0 Å². The first-order valence-electron chi connectivity index (χ1n) is 9.46. The van der Waals surface area contributed by atoms with Crippen LogP contribution in [0, 0.1) is 0 Å². The zero-order chi connectivity index (χ0) is 16.9. The molecule has 1 fully saturated rings. The molecule has 1 atom stereocenters. The van der Waals surface area contributed by atoms with E-state index in [1.54, 1.807) is 0 Å². The van der Waals surface area contributed by atoms with Crippen LogP contribution in [0.5, 0.6) is 0 Å². The van der Waals surface area contributed by atoms with Crippen molar-refractivity contribution in [3.05, 3.63) is 0 Å². The lowest BCUT2D eigenvalue weighted by Crippen LogP contribution is -2.45. The van der Waals surface area contributed by atoms with Gasteiger partial charge in [-0.2, -0.15) is 0 Å². The van der Waals surface area contributed by atoms with Crippen LogP contribution in [0.4, 0.5) is 0 Å². The standard InChI is InChI=1S/C18H36N4O.HI/c1-4-6-7-8-9-10-11-13-20-18(19-3)21-16-12-14-22(15-16)17(23)5-2;/h16H,4-15H2,1-3H3,(H2,19,20,21);1H. The number of likely N-dealkylation sites (tertiary alicyclic amines) is 1. The summed E-state index contributed by atoms with van der Waals surface area (Å²) < 4.78 is 0. The van der Waals surface area contributed by atoms with E-state index in [4.69, 9.17) is 0 Å². The lowest BCUT2D eigenvalue weighted by Gasteiger charge is -2.18. The summed E-state index contributed by atoms with van der Waals surface area (Å²) in [4.78, 5) is 17.9. The fourth-order valence-electron chi connectivity index (χ4n) is 3.01. The highest BCUT2D eigenvalue weighted by Gasteiger charge is 2.25. The van der Waals surface area contributed by atoms with E-state index in [2.05, 4.69) is 22.5 Å². The topological polar surface area (TPSA) is 56.7 Å². The Hall–Kier alpha value is -0.530. The zero-order valence-corrected chi connectivity index (χ0v) is 18.1. The van der Waals surface area contributed by atoms with Crippen molar-refractivity contribution in [1.82, 2.24) is 15.5 Å². The van der Waals surface area contributed by atoms with Crippen LogP contribution in [-0.4, -0.2) is 49.5 Å². The molecule has 142 valence electrons. The predicted molar refractivity (Wildman–Crippen MR) is 113 cm³/mol. The number of nitrogens with zero attached hydrogens (tertiary/aromatic N) is 2. The second kappa shape index (κ2) is 14.8. The average molecular weight is 452 g/mol. The summed E-state index contributed by atoms with van der Waals surface area (Å²) in [5.74, 6) is 1.12. The molecular formula is C18H37IN4O. The van der Waals surface area contributed by atoms with Crippen molar-refractivity contribution in [1.29, 1.82) is 0 Å². The molecule has 1 heterocycles. The minimum Gasteiger partial charge on any atom is -0.356 e. The molecule has 5 nitrogen and oxygen atoms in total. The maximum atomic E-state index is 11.7. The van der Waals surface area contributed by atoms with Crippen molar-refractivity contribution >= 4 is 35.8 Å². The second-order valence-corrected chi connectivity index (χ2v) is 6.44. The van der Waals surface area contributed by atoms with Crippen LogP contribution < -0.4 is 10.6 Å². The molecule has 0 aromatic heterocycles. The summed E-state index contributed by atoms with van der Waals surface area (Å²) in [6, 6.07) is 0.325. The first-order chi connectivity index (χ1) is 11.2. The van der Waals surface area contributed by atoms with Crippen LogP contribution in [0.3, 0.4) is 0 Å². The van der Waals surface area contributed by atoms with Gasteiger partial charge in [-0.1, -0.05) is 52.4 Å². The lowest BCUT2D eigenvalue weighted by molar-refractivity contribution is -0.129. The van der Waals surface area contributed by atoms with Crippen LogP contribution in [-0.2, 0) is 4.79 Å². The van der Waals surface area contributed by atoms with Gasteiger partial charge in [0.1, 0.15) is 0 Å². The zero-order valence-electron chi connectivity index (χ0n) is 15.8. The molecule has 1 unspecified atom stereocenters. The third-order valence-electron chi connectivity index (χ3n) is 4.48. The number of hydrogen-bond acceptors (Lipinski definition) is 2. The monoisotopic (exact) mass is 452 g/mol. The van der Waals surface area contributed by atoms with Crippen LogP contribution in [0.1, 0.15) is 71.6 Å². The van der Waals surface area contributed by atoms with Gasteiger partial charge in [0.15, 0.2) is 5.96 Å². The lowest BCUT2D eigenvalue weighted by atomic mass is 10.1. The second-order valence-electron chi connectivity index (χ2n) is 6.44. The molecule has 0 aromatic carbocycles. The highest BCUT2D eigenvalue weighted by molar-refractivity contribution is 14.0. The molecule has 6 heteroatoms. The van der Waals surface area contributed by atoms with Crippen molar-refractivity contribution in [2.75, 3.05) is 26.7 Å². The molecule has 0 spiro atoms. The minimum atomic E-state index is 0. The largest absolute Gasteiger partial charge is 0.356 e. The molecule has 1 saturated heterocycles. The van der Waals surface area contributed by atoms with Crippen LogP contribution in [0.15, 0.2) is 4.99 Å². The summed E-state index contributed by atoms with van der Waals surface area (Å²) in [5, 5.41) is 6.83. The van der Waals surface area contributed by atoms with Crippen LogP contribution >= 0.6 is 24.0 Å². The first-order valence-corrected chi connectivity index (χ1v) is 9.46. The van der Waals surface area contributed by atoms with Crippen LogP contribution in [0.2, 0.25) is 0 Å². The fourth-order valence-corrected chi connectivity index (χ4v) is 3.01. The third-order valence-corrected chi connectivity index (χ3v) is 4.48. The Morgan fingerprint density at radius 2 is 1.79 bits per heavy atom. The van der Waals surface area contributed by atoms with E-state index < -0.39 is 0 Å². The normalized spacial score (nSPS) is 17.5. The van der Waals surface area contributed by atoms with E-state index in [0.29, 0.717) is 12.5 Å². The first kappa shape index (κ1) is 23.5. The number of carbonyl (C=O) groups excluding carboxylic acids is 1. The van der Waals surface area contributed by atoms with E-state index >= 15 is 0 Å². The smallest absolute Gasteiger partial charge is 0.222 e. The number of halogens is 1. The minimum absolute atomic E-state index is 0. The Labute approximate surface area is 165 Å². The van der Waals surface area contributed by atoms with Crippen molar-refractivity contribution in [3.8, 4) is 0 Å². The van der Waals surface area contributed by atoms with E-state index in [-0.39, 0.29) is 29.9 Å². The number of nitrogens with one attached hydrogen (secondary N) is 2. The highest BCUT2D eigenvalue weighted by atomic mass is 127. The Bertz CT molecular complexity index is 363. The molecule has 1 amide bonds. The molecule has 2 N–H and O–H groups in total. The Kier molecular flexibility index (Phi) is 14.5. The third kappa shape index (κ3) is 9.69. The molecular weight excluding hydrogens is 415 g/mol. The maximum Gasteiger partial charge on any atom is 0.222 e. The van der Waals surface area contributed by atoms with Crippen molar-refractivity contribution in [2.24, 2.45) is 4.99 Å². The summed E-state index contributed by atoms with van der Waals surface area (Å²) >= 11 is 0. The SMILES string of the molecule is CCCCCCCCCNC(=NC)NC1CCN(C(=O)CC)C1.I. The fraction of sp³-hybridized carbons (Fsp3) is 0.889. The van der Waals surface area contributed by atoms with Gasteiger partial charge in [0.05, 0.1) is 0 Å². The Morgan fingerprint density at radius 3 is 2.42 bits per heavy atom. The summed E-state index contributed by atoms with van der Waals surface area (Å²) in [6.07, 6.45) is 10.8. The molecule has 1 aliphatic heterocycles. The number of amides is 1. The van der Waals surface area contributed by atoms with Gasteiger partial charge in [0.2, 0.25) is 5.91 Å². The number of hydrogen-bond donors (Lipinski definition) is 2. The molecule has 1 rings (SSSR count). The molecule has 24 heavy (non-hydrogen) atoms. The number of carbonyl (C=O) groups is 1.